The molecule has 0 saturated heterocycles. The van der Waals surface area contributed by atoms with Gasteiger partial charge in [-0.2, -0.15) is 8.78 Å². The molecule has 0 amide bonds. The van der Waals surface area contributed by atoms with Gasteiger partial charge in [-0.3, -0.25) is 4.98 Å². The highest BCUT2D eigenvalue weighted by atomic mass is 32.2. The van der Waals surface area contributed by atoms with Gasteiger partial charge >= 0.3 is 6.11 Å². The molecule has 0 fully saturated rings. The molecule has 1 aliphatic rings. The number of alkyl halides is 2. The van der Waals surface area contributed by atoms with Gasteiger partial charge in [-0.15, -0.1) is 0 Å². The van der Waals surface area contributed by atoms with Crippen LogP contribution in [-0.2, 0) is 5.75 Å². The summed E-state index contributed by atoms with van der Waals surface area (Å²) in [5, 5.41) is 0.653. The molecule has 142 valence electrons. The molecule has 27 heavy (non-hydrogen) atoms. The first-order valence-electron chi connectivity index (χ1n) is 8.21. The number of H-pyrrole nitrogens is 1. The molecule has 9 heteroatoms. The van der Waals surface area contributed by atoms with Crippen molar-refractivity contribution in [1.29, 1.82) is 0 Å². The number of thioether (sulfide) groups is 1. The van der Waals surface area contributed by atoms with Crippen LogP contribution in [0.25, 0.3) is 11.0 Å². The maximum atomic E-state index is 13.3. The van der Waals surface area contributed by atoms with Gasteiger partial charge in [-0.05, 0) is 13.8 Å². The number of fused-ring (bicyclic) bond motifs is 2. The quantitative estimate of drug-likeness (QED) is 0.669. The molecule has 3 heterocycles. The number of aryl methyl sites for hydroxylation is 1. The van der Waals surface area contributed by atoms with Gasteiger partial charge in [0, 0.05) is 35.2 Å². The lowest BCUT2D eigenvalue weighted by atomic mass is 10.1. The lowest BCUT2D eigenvalue weighted by molar-refractivity contribution is -0.208. The lowest BCUT2D eigenvalue weighted by Gasteiger charge is -2.25. The fourth-order valence-electron chi connectivity index (χ4n) is 2.96. The van der Waals surface area contributed by atoms with Crippen LogP contribution in [0.2, 0.25) is 0 Å². The number of imidazole rings is 1. The zero-order valence-corrected chi connectivity index (χ0v) is 15.7. The number of methoxy groups -OCH3 is 1. The van der Waals surface area contributed by atoms with E-state index in [1.54, 1.807) is 19.4 Å². The third-order valence-electron chi connectivity index (χ3n) is 4.28. The van der Waals surface area contributed by atoms with E-state index < -0.39 is 12.7 Å². The number of pyridine rings is 1. The SMILES string of the molecule is COc1c(C)cnc(CSc2nc3cc4c(cc3[nH]2)OCC(F)(F)O4)c1C. The molecular formula is C18H17F2N3O3S. The van der Waals surface area contributed by atoms with Crippen molar-refractivity contribution in [2.24, 2.45) is 0 Å². The fraction of sp³-hybridized carbons (Fsp3) is 0.333. The number of aromatic nitrogens is 3. The van der Waals surface area contributed by atoms with E-state index in [9.17, 15) is 8.78 Å². The minimum Gasteiger partial charge on any atom is -0.496 e. The van der Waals surface area contributed by atoms with Crippen molar-refractivity contribution in [1.82, 2.24) is 15.0 Å². The van der Waals surface area contributed by atoms with Crippen LogP contribution in [0.15, 0.2) is 23.5 Å². The predicted molar refractivity (Wildman–Crippen MR) is 97.0 cm³/mol. The van der Waals surface area contributed by atoms with Gasteiger partial charge in [-0.1, -0.05) is 11.8 Å². The summed E-state index contributed by atoms with van der Waals surface area (Å²) in [7, 11) is 1.64. The Morgan fingerprint density at radius 2 is 2.11 bits per heavy atom. The summed E-state index contributed by atoms with van der Waals surface area (Å²) in [6.45, 7) is 3.11. The van der Waals surface area contributed by atoms with Crippen molar-refractivity contribution in [3.8, 4) is 17.2 Å². The summed E-state index contributed by atoms with van der Waals surface area (Å²) in [4.78, 5) is 12.1. The number of aromatic amines is 1. The normalized spacial score (nSPS) is 15.1. The van der Waals surface area contributed by atoms with Crippen LogP contribution in [0.4, 0.5) is 8.78 Å². The summed E-state index contributed by atoms with van der Waals surface area (Å²) in [6.07, 6.45) is -1.55. The number of rotatable bonds is 4. The molecule has 1 aromatic carbocycles. The van der Waals surface area contributed by atoms with E-state index in [1.165, 1.54) is 17.8 Å². The molecule has 3 aromatic rings. The second-order valence-corrected chi connectivity index (χ2v) is 7.18. The van der Waals surface area contributed by atoms with E-state index in [0.717, 1.165) is 22.6 Å². The fourth-order valence-corrected chi connectivity index (χ4v) is 3.87. The molecule has 1 aliphatic heterocycles. The van der Waals surface area contributed by atoms with Crippen molar-refractivity contribution in [2.45, 2.75) is 30.9 Å². The molecule has 1 N–H and O–H groups in total. The molecule has 2 aromatic heterocycles. The number of hydrogen-bond donors (Lipinski definition) is 1. The zero-order chi connectivity index (χ0) is 19.2. The van der Waals surface area contributed by atoms with Gasteiger partial charge in [0.2, 0.25) is 0 Å². The second kappa shape index (κ2) is 6.56. The topological polar surface area (TPSA) is 69.3 Å². The Hall–Kier alpha value is -2.55. The van der Waals surface area contributed by atoms with Crippen molar-refractivity contribution in [3.63, 3.8) is 0 Å². The van der Waals surface area contributed by atoms with Crippen molar-refractivity contribution in [3.05, 3.63) is 35.2 Å². The summed E-state index contributed by atoms with van der Waals surface area (Å²) in [5.74, 6) is 1.68. The van der Waals surface area contributed by atoms with E-state index >= 15 is 0 Å². The van der Waals surface area contributed by atoms with Gasteiger partial charge < -0.3 is 19.2 Å². The van der Waals surface area contributed by atoms with E-state index in [-0.39, 0.29) is 11.5 Å². The Kier molecular flexibility index (Phi) is 4.33. The third-order valence-corrected chi connectivity index (χ3v) is 5.16. The van der Waals surface area contributed by atoms with Crippen molar-refractivity contribution < 1.29 is 23.0 Å². The van der Waals surface area contributed by atoms with E-state index in [2.05, 4.69) is 19.7 Å². The number of nitrogens with zero attached hydrogens (tertiary/aromatic N) is 2. The van der Waals surface area contributed by atoms with Crippen LogP contribution in [0.1, 0.15) is 16.8 Å². The largest absolute Gasteiger partial charge is 0.496 e. The van der Waals surface area contributed by atoms with Crippen molar-refractivity contribution >= 4 is 22.8 Å². The van der Waals surface area contributed by atoms with Crippen LogP contribution in [0, 0.1) is 13.8 Å². The van der Waals surface area contributed by atoms with E-state index in [4.69, 9.17) is 9.47 Å². The molecule has 0 aliphatic carbocycles. The highest BCUT2D eigenvalue weighted by Crippen LogP contribution is 2.39. The first-order valence-corrected chi connectivity index (χ1v) is 9.20. The monoisotopic (exact) mass is 393 g/mol. The summed E-state index contributed by atoms with van der Waals surface area (Å²) in [5.41, 5.74) is 4.09. The average Bonchev–Trinajstić information content (AvgIpc) is 3.00. The number of hydrogen-bond acceptors (Lipinski definition) is 6. The molecule has 6 nitrogen and oxygen atoms in total. The van der Waals surface area contributed by atoms with Gasteiger partial charge in [-0.25, -0.2) is 4.98 Å². The molecule has 4 rings (SSSR count). The highest BCUT2D eigenvalue weighted by molar-refractivity contribution is 7.98. The van der Waals surface area contributed by atoms with E-state index in [1.807, 2.05) is 13.8 Å². The maximum Gasteiger partial charge on any atom is 0.433 e. The standard InChI is InChI=1S/C18H17F2N3O3S/c1-9-6-21-13(10(2)16(9)24-3)7-27-17-22-11-4-14-15(5-12(11)23-17)26-18(19,20)8-25-14/h4-6H,7-8H2,1-3H3,(H,22,23). The van der Waals surface area contributed by atoms with Crippen LogP contribution in [-0.4, -0.2) is 34.8 Å². The molecule has 0 radical (unpaired) electrons. The van der Waals surface area contributed by atoms with Crippen LogP contribution >= 0.6 is 11.8 Å². The maximum absolute atomic E-state index is 13.3. The van der Waals surface area contributed by atoms with Gasteiger partial charge in [0.05, 0.1) is 23.8 Å². The predicted octanol–water partition coefficient (Wildman–Crippen LogP) is 4.24. The molecule has 0 spiro atoms. The first-order chi connectivity index (χ1) is 12.9. The Balaban J connectivity index is 1.57. The zero-order valence-electron chi connectivity index (χ0n) is 14.9. The molecule has 0 unspecified atom stereocenters. The van der Waals surface area contributed by atoms with Gasteiger partial charge in [0.1, 0.15) is 5.75 Å². The molecule has 0 saturated carbocycles. The van der Waals surface area contributed by atoms with Crippen LogP contribution in [0.5, 0.6) is 17.2 Å². The minimum atomic E-state index is -3.33. The molecule has 0 atom stereocenters. The Morgan fingerprint density at radius 1 is 1.30 bits per heavy atom. The first kappa shape index (κ1) is 17.8. The average molecular weight is 393 g/mol. The van der Waals surface area contributed by atoms with Gasteiger partial charge in [0.15, 0.2) is 23.3 Å². The second-order valence-electron chi connectivity index (χ2n) is 6.22. The lowest BCUT2D eigenvalue weighted by Crippen LogP contribution is -2.35. The van der Waals surface area contributed by atoms with E-state index in [0.29, 0.717) is 21.9 Å². The van der Waals surface area contributed by atoms with Crippen molar-refractivity contribution in [2.75, 3.05) is 13.7 Å². The number of ether oxygens (including phenoxy) is 3. The van der Waals surface area contributed by atoms with Gasteiger partial charge in [0.25, 0.3) is 0 Å². The number of nitrogens with one attached hydrogen (secondary N) is 1. The number of benzene rings is 1. The third kappa shape index (κ3) is 3.39. The summed E-state index contributed by atoms with van der Waals surface area (Å²) in [6, 6.07) is 3.08. The number of halogens is 2. The summed E-state index contributed by atoms with van der Waals surface area (Å²) < 4.78 is 41.8. The van der Waals surface area contributed by atoms with Crippen LogP contribution in [0.3, 0.4) is 0 Å². The Morgan fingerprint density at radius 3 is 2.89 bits per heavy atom. The van der Waals surface area contributed by atoms with Crippen LogP contribution < -0.4 is 14.2 Å². The molecular weight excluding hydrogens is 376 g/mol. The molecule has 0 bridgehead atoms. The Labute approximate surface area is 158 Å². The summed E-state index contributed by atoms with van der Waals surface area (Å²) >= 11 is 1.47. The highest BCUT2D eigenvalue weighted by Gasteiger charge is 2.38. The smallest absolute Gasteiger partial charge is 0.433 e. The minimum absolute atomic E-state index is 0.0115. The Bertz CT molecular complexity index is 1020.